The second kappa shape index (κ2) is 6.20. The van der Waals surface area contributed by atoms with E-state index in [9.17, 15) is 4.79 Å². The van der Waals surface area contributed by atoms with Crippen LogP contribution in [0.2, 0.25) is 0 Å². The van der Waals surface area contributed by atoms with Gasteiger partial charge in [0.25, 0.3) is 0 Å². The van der Waals surface area contributed by atoms with Gasteiger partial charge in [-0.25, -0.2) is 0 Å². The Kier molecular flexibility index (Phi) is 4.59. The normalized spacial score (nSPS) is 26.9. The summed E-state index contributed by atoms with van der Waals surface area (Å²) in [4.78, 5) is 12.1. The number of hydrogen-bond acceptors (Lipinski definition) is 3. The van der Waals surface area contributed by atoms with Gasteiger partial charge in [0.2, 0.25) is 0 Å². The van der Waals surface area contributed by atoms with Crippen LogP contribution in [0.1, 0.15) is 38.2 Å². The maximum atomic E-state index is 12.1. The van der Waals surface area contributed by atoms with Gasteiger partial charge in [0.05, 0.1) is 7.11 Å². The lowest BCUT2D eigenvalue weighted by molar-refractivity contribution is -0.150. The van der Waals surface area contributed by atoms with E-state index in [0.29, 0.717) is 12.5 Å². The molecule has 0 bridgehead atoms. The molecule has 0 atom stereocenters. The van der Waals surface area contributed by atoms with Crippen molar-refractivity contribution in [3.63, 3.8) is 0 Å². The van der Waals surface area contributed by atoms with Gasteiger partial charge < -0.3 is 4.74 Å². The predicted molar refractivity (Wildman–Crippen MR) is 75.7 cm³/mol. The van der Waals surface area contributed by atoms with Crippen molar-refractivity contribution in [2.45, 2.75) is 44.7 Å². The van der Waals surface area contributed by atoms with Crippen molar-refractivity contribution in [2.24, 2.45) is 5.92 Å². The summed E-state index contributed by atoms with van der Waals surface area (Å²) >= 11 is 0. The quantitative estimate of drug-likeness (QED) is 0.847. The fourth-order valence-corrected chi connectivity index (χ4v) is 2.77. The van der Waals surface area contributed by atoms with Crippen LogP contribution in [0.15, 0.2) is 30.3 Å². The summed E-state index contributed by atoms with van der Waals surface area (Å²) < 4.78 is 5.02. The summed E-state index contributed by atoms with van der Waals surface area (Å²) in [6.07, 6.45) is 3.90. The molecule has 0 spiro atoms. The van der Waals surface area contributed by atoms with E-state index >= 15 is 0 Å². The molecule has 0 heterocycles. The number of methoxy groups -OCH3 is 1. The van der Waals surface area contributed by atoms with Crippen LogP contribution in [-0.4, -0.2) is 18.6 Å². The number of carbonyl (C=O) groups is 1. The molecule has 3 nitrogen and oxygen atoms in total. The molecular weight excluding hydrogens is 238 g/mol. The summed E-state index contributed by atoms with van der Waals surface area (Å²) in [6, 6.07) is 10.2. The Labute approximate surface area is 115 Å². The van der Waals surface area contributed by atoms with Crippen molar-refractivity contribution >= 4 is 5.97 Å². The molecule has 1 aromatic carbocycles. The molecule has 1 aliphatic rings. The third kappa shape index (κ3) is 3.35. The zero-order valence-electron chi connectivity index (χ0n) is 11.8. The minimum Gasteiger partial charge on any atom is -0.468 e. The Bertz CT molecular complexity index is 408. The molecule has 2 rings (SSSR count). The molecule has 19 heavy (non-hydrogen) atoms. The monoisotopic (exact) mass is 261 g/mol. The number of esters is 1. The van der Waals surface area contributed by atoms with Gasteiger partial charge in [0.15, 0.2) is 0 Å². The van der Waals surface area contributed by atoms with Gasteiger partial charge in [0, 0.05) is 6.54 Å². The Balaban J connectivity index is 2.04. The van der Waals surface area contributed by atoms with Crippen molar-refractivity contribution in [1.82, 2.24) is 5.32 Å². The van der Waals surface area contributed by atoms with Crippen molar-refractivity contribution < 1.29 is 9.53 Å². The van der Waals surface area contributed by atoms with E-state index in [2.05, 4.69) is 24.4 Å². The van der Waals surface area contributed by atoms with Crippen molar-refractivity contribution in [2.75, 3.05) is 7.11 Å². The van der Waals surface area contributed by atoms with Crippen LogP contribution in [0.4, 0.5) is 0 Å². The van der Waals surface area contributed by atoms with Crippen LogP contribution in [-0.2, 0) is 16.1 Å². The van der Waals surface area contributed by atoms with Crippen LogP contribution in [0, 0.1) is 5.92 Å². The largest absolute Gasteiger partial charge is 0.468 e. The second-order valence-corrected chi connectivity index (χ2v) is 5.60. The molecule has 0 amide bonds. The maximum Gasteiger partial charge on any atom is 0.326 e. The second-order valence-electron chi connectivity index (χ2n) is 5.60. The minimum absolute atomic E-state index is 0.115. The molecule has 1 aliphatic carbocycles. The average Bonchev–Trinajstić information content (AvgIpc) is 2.47. The standard InChI is InChI=1S/C16H23NO2/c1-13-8-10-16(11-9-13,15(18)19-2)17-12-14-6-4-3-5-7-14/h3-7,13,17H,8-12H2,1-2H3. The first-order valence-electron chi connectivity index (χ1n) is 7.04. The molecule has 0 saturated heterocycles. The fourth-order valence-electron chi connectivity index (χ4n) is 2.77. The van der Waals surface area contributed by atoms with E-state index in [1.807, 2.05) is 18.2 Å². The average molecular weight is 261 g/mol. The highest BCUT2D eigenvalue weighted by Crippen LogP contribution is 2.33. The van der Waals surface area contributed by atoms with Crippen molar-refractivity contribution in [3.8, 4) is 0 Å². The van der Waals surface area contributed by atoms with Crippen LogP contribution < -0.4 is 5.32 Å². The van der Waals surface area contributed by atoms with E-state index < -0.39 is 5.54 Å². The Morgan fingerprint density at radius 1 is 1.32 bits per heavy atom. The Hall–Kier alpha value is -1.35. The molecule has 1 N–H and O–H groups in total. The van der Waals surface area contributed by atoms with Gasteiger partial charge in [-0.3, -0.25) is 10.1 Å². The number of hydrogen-bond donors (Lipinski definition) is 1. The third-order valence-corrected chi connectivity index (χ3v) is 4.18. The van der Waals surface area contributed by atoms with Crippen LogP contribution in [0.3, 0.4) is 0 Å². The van der Waals surface area contributed by atoms with Crippen LogP contribution in [0.5, 0.6) is 0 Å². The minimum atomic E-state index is -0.489. The molecule has 1 aromatic rings. The lowest BCUT2D eigenvalue weighted by atomic mass is 9.77. The molecule has 0 aliphatic heterocycles. The lowest BCUT2D eigenvalue weighted by Gasteiger charge is -2.37. The number of ether oxygens (including phenoxy) is 1. The van der Waals surface area contributed by atoms with E-state index in [1.165, 1.54) is 12.7 Å². The topological polar surface area (TPSA) is 38.3 Å². The zero-order valence-corrected chi connectivity index (χ0v) is 11.8. The first-order valence-corrected chi connectivity index (χ1v) is 7.04. The number of carbonyl (C=O) groups excluding carboxylic acids is 1. The smallest absolute Gasteiger partial charge is 0.326 e. The molecule has 104 valence electrons. The maximum absolute atomic E-state index is 12.1. The highest BCUT2D eigenvalue weighted by Gasteiger charge is 2.41. The van der Waals surface area contributed by atoms with Crippen molar-refractivity contribution in [3.05, 3.63) is 35.9 Å². The fraction of sp³-hybridized carbons (Fsp3) is 0.562. The number of benzene rings is 1. The van der Waals surface area contributed by atoms with Gasteiger partial charge in [-0.1, -0.05) is 37.3 Å². The summed E-state index contributed by atoms with van der Waals surface area (Å²) in [6.45, 7) is 2.96. The molecule has 0 radical (unpaired) electrons. The number of rotatable bonds is 4. The van der Waals surface area contributed by atoms with Crippen molar-refractivity contribution in [1.29, 1.82) is 0 Å². The highest BCUT2D eigenvalue weighted by atomic mass is 16.5. The molecule has 1 fully saturated rings. The highest BCUT2D eigenvalue weighted by molar-refractivity contribution is 5.80. The van der Waals surface area contributed by atoms with Gasteiger partial charge >= 0.3 is 5.97 Å². The lowest BCUT2D eigenvalue weighted by Crippen LogP contribution is -2.54. The van der Waals surface area contributed by atoms with Gasteiger partial charge in [-0.05, 0) is 37.2 Å². The summed E-state index contributed by atoms with van der Waals surface area (Å²) in [5.74, 6) is 0.589. The van der Waals surface area contributed by atoms with Crippen LogP contribution >= 0.6 is 0 Å². The summed E-state index contributed by atoms with van der Waals surface area (Å²) in [7, 11) is 1.48. The van der Waals surface area contributed by atoms with E-state index in [0.717, 1.165) is 25.7 Å². The zero-order chi connectivity index (χ0) is 13.7. The first-order chi connectivity index (χ1) is 9.16. The van der Waals surface area contributed by atoms with E-state index in [1.54, 1.807) is 0 Å². The van der Waals surface area contributed by atoms with Crippen LogP contribution in [0.25, 0.3) is 0 Å². The van der Waals surface area contributed by atoms with E-state index in [-0.39, 0.29) is 5.97 Å². The molecule has 0 unspecified atom stereocenters. The molecule has 1 saturated carbocycles. The van der Waals surface area contributed by atoms with E-state index in [4.69, 9.17) is 4.74 Å². The Morgan fingerprint density at radius 2 is 1.95 bits per heavy atom. The van der Waals surface area contributed by atoms with Gasteiger partial charge in [-0.2, -0.15) is 0 Å². The SMILES string of the molecule is COC(=O)C1(NCc2ccccc2)CCC(C)CC1. The number of nitrogens with one attached hydrogen (secondary N) is 1. The predicted octanol–water partition coefficient (Wildman–Crippen LogP) is 2.90. The molecule has 0 aromatic heterocycles. The molecular formula is C16H23NO2. The Morgan fingerprint density at radius 3 is 2.53 bits per heavy atom. The third-order valence-electron chi connectivity index (χ3n) is 4.18. The summed E-state index contributed by atoms with van der Waals surface area (Å²) in [5.41, 5.74) is 0.710. The van der Waals surface area contributed by atoms with Gasteiger partial charge in [0.1, 0.15) is 5.54 Å². The van der Waals surface area contributed by atoms with Gasteiger partial charge in [-0.15, -0.1) is 0 Å². The first kappa shape index (κ1) is 14.1. The molecule has 3 heteroatoms. The summed E-state index contributed by atoms with van der Waals surface area (Å²) in [5, 5.41) is 3.45.